The predicted octanol–water partition coefficient (Wildman–Crippen LogP) is 2.42. The van der Waals surface area contributed by atoms with Crippen molar-refractivity contribution in [2.45, 2.75) is 39.7 Å². The maximum atomic E-state index is 4.74. The third kappa shape index (κ3) is 4.34. The predicted molar refractivity (Wildman–Crippen MR) is 86.7 cm³/mol. The molecule has 0 fully saturated rings. The van der Waals surface area contributed by atoms with Crippen LogP contribution in [0.4, 0.5) is 11.6 Å². The first-order valence-electron chi connectivity index (χ1n) is 7.37. The van der Waals surface area contributed by atoms with E-state index in [1.165, 1.54) is 0 Å². The highest BCUT2D eigenvalue weighted by Crippen LogP contribution is 2.21. The Balaban J connectivity index is 3.10. The Morgan fingerprint density at radius 1 is 1.20 bits per heavy atom. The van der Waals surface area contributed by atoms with Gasteiger partial charge in [0.2, 0.25) is 0 Å². The van der Waals surface area contributed by atoms with Gasteiger partial charge in [-0.25, -0.2) is 9.97 Å². The quantitative estimate of drug-likeness (QED) is 0.830. The second kappa shape index (κ2) is 7.43. The van der Waals surface area contributed by atoms with E-state index >= 15 is 0 Å². The minimum absolute atomic E-state index is 0.324. The van der Waals surface area contributed by atoms with E-state index < -0.39 is 0 Å². The molecule has 114 valence electrons. The van der Waals surface area contributed by atoms with Crippen molar-refractivity contribution in [3.63, 3.8) is 0 Å². The first-order valence-corrected chi connectivity index (χ1v) is 7.37. The Bertz CT molecular complexity index is 417. The van der Waals surface area contributed by atoms with E-state index in [4.69, 9.17) is 4.98 Å². The molecule has 0 aliphatic carbocycles. The van der Waals surface area contributed by atoms with Crippen LogP contribution in [0.3, 0.4) is 0 Å². The molecule has 1 N–H and O–H groups in total. The molecule has 0 bridgehead atoms. The van der Waals surface area contributed by atoms with Gasteiger partial charge in [0.15, 0.2) is 0 Å². The zero-order chi connectivity index (χ0) is 15.3. The van der Waals surface area contributed by atoms with Gasteiger partial charge in [0.25, 0.3) is 0 Å². The molecule has 0 aliphatic heterocycles. The lowest BCUT2D eigenvalue weighted by Gasteiger charge is -2.31. The second-order valence-corrected chi connectivity index (χ2v) is 5.77. The average Bonchev–Trinajstić information content (AvgIpc) is 2.38. The van der Waals surface area contributed by atoms with Gasteiger partial charge < -0.3 is 15.1 Å². The van der Waals surface area contributed by atoms with Crippen molar-refractivity contribution in [3.05, 3.63) is 11.9 Å². The van der Waals surface area contributed by atoms with Crippen LogP contribution in [0.2, 0.25) is 0 Å². The van der Waals surface area contributed by atoms with Gasteiger partial charge in [0, 0.05) is 38.2 Å². The Morgan fingerprint density at radius 3 is 2.30 bits per heavy atom. The second-order valence-electron chi connectivity index (χ2n) is 5.77. The number of nitrogens with one attached hydrogen (secondary N) is 1. The monoisotopic (exact) mass is 279 g/mol. The van der Waals surface area contributed by atoms with Crippen LogP contribution in [0.25, 0.3) is 0 Å². The molecule has 1 rings (SSSR count). The zero-order valence-electron chi connectivity index (χ0n) is 13.9. The summed E-state index contributed by atoms with van der Waals surface area (Å²) >= 11 is 0. The smallest absolute Gasteiger partial charge is 0.135 e. The summed E-state index contributed by atoms with van der Waals surface area (Å²) < 4.78 is 0. The standard InChI is InChI=1S/C15H29N5/c1-8-20(12(4)10-19(6)7)14-9-13(16-5)17-15(18-14)11(2)3/h9,11-12H,8,10H2,1-7H3,(H,16,17,18). The highest BCUT2D eigenvalue weighted by molar-refractivity contribution is 5.50. The summed E-state index contributed by atoms with van der Waals surface area (Å²) in [7, 11) is 6.10. The molecule has 1 atom stereocenters. The third-order valence-electron chi connectivity index (χ3n) is 3.30. The number of rotatable bonds is 7. The normalized spacial score (nSPS) is 12.8. The summed E-state index contributed by atoms with van der Waals surface area (Å²) in [5.41, 5.74) is 0. The summed E-state index contributed by atoms with van der Waals surface area (Å²) in [6.07, 6.45) is 0. The van der Waals surface area contributed by atoms with Crippen molar-refractivity contribution < 1.29 is 0 Å². The van der Waals surface area contributed by atoms with Crippen LogP contribution < -0.4 is 10.2 Å². The summed E-state index contributed by atoms with van der Waals surface area (Å²) in [6, 6.07) is 2.44. The van der Waals surface area contributed by atoms with Gasteiger partial charge in [0.1, 0.15) is 17.5 Å². The van der Waals surface area contributed by atoms with Gasteiger partial charge in [-0.3, -0.25) is 0 Å². The largest absolute Gasteiger partial charge is 0.373 e. The van der Waals surface area contributed by atoms with E-state index in [9.17, 15) is 0 Å². The van der Waals surface area contributed by atoms with E-state index in [1.807, 2.05) is 13.1 Å². The molecule has 0 saturated heterocycles. The fraction of sp³-hybridized carbons (Fsp3) is 0.733. The van der Waals surface area contributed by atoms with Crippen molar-refractivity contribution in [1.29, 1.82) is 0 Å². The minimum Gasteiger partial charge on any atom is -0.373 e. The summed E-state index contributed by atoms with van der Waals surface area (Å²) in [6.45, 7) is 10.6. The molecule has 5 heteroatoms. The molecular formula is C15H29N5. The fourth-order valence-corrected chi connectivity index (χ4v) is 2.31. The molecule has 1 unspecified atom stereocenters. The maximum Gasteiger partial charge on any atom is 0.135 e. The number of hydrogen-bond donors (Lipinski definition) is 1. The van der Waals surface area contributed by atoms with Gasteiger partial charge in [-0.05, 0) is 27.9 Å². The summed E-state index contributed by atoms with van der Waals surface area (Å²) in [5.74, 6) is 3.10. The first kappa shape index (κ1) is 16.7. The van der Waals surface area contributed by atoms with Crippen molar-refractivity contribution in [2.75, 3.05) is 44.4 Å². The van der Waals surface area contributed by atoms with E-state index in [0.29, 0.717) is 12.0 Å². The van der Waals surface area contributed by atoms with Crippen LogP contribution in [0.15, 0.2) is 6.07 Å². The Hall–Kier alpha value is -1.36. The van der Waals surface area contributed by atoms with E-state index in [-0.39, 0.29) is 0 Å². The fourth-order valence-electron chi connectivity index (χ4n) is 2.31. The van der Waals surface area contributed by atoms with Crippen molar-refractivity contribution in [2.24, 2.45) is 0 Å². The van der Waals surface area contributed by atoms with Crippen molar-refractivity contribution in [1.82, 2.24) is 14.9 Å². The molecule has 0 saturated carbocycles. The third-order valence-corrected chi connectivity index (χ3v) is 3.30. The van der Waals surface area contributed by atoms with Crippen LogP contribution in [0.1, 0.15) is 39.4 Å². The lowest BCUT2D eigenvalue weighted by atomic mass is 10.2. The summed E-state index contributed by atoms with van der Waals surface area (Å²) in [4.78, 5) is 13.8. The Labute approximate surface area is 123 Å². The van der Waals surface area contributed by atoms with E-state index in [2.05, 4.69) is 61.9 Å². The number of aromatic nitrogens is 2. The molecule has 1 aromatic rings. The van der Waals surface area contributed by atoms with Gasteiger partial charge >= 0.3 is 0 Å². The molecule has 5 nitrogen and oxygen atoms in total. The minimum atomic E-state index is 0.324. The van der Waals surface area contributed by atoms with Crippen molar-refractivity contribution >= 4 is 11.6 Å². The van der Waals surface area contributed by atoms with Gasteiger partial charge in [-0.2, -0.15) is 0 Å². The highest BCUT2D eigenvalue weighted by atomic mass is 15.2. The Morgan fingerprint density at radius 2 is 1.85 bits per heavy atom. The molecule has 0 aromatic carbocycles. The number of nitrogens with zero attached hydrogens (tertiary/aromatic N) is 4. The molecule has 20 heavy (non-hydrogen) atoms. The SMILES string of the molecule is CCN(c1cc(NC)nc(C(C)C)n1)C(C)CN(C)C. The van der Waals surface area contributed by atoms with Gasteiger partial charge in [0.05, 0.1) is 0 Å². The molecule has 0 aliphatic rings. The molecular weight excluding hydrogens is 250 g/mol. The Kier molecular flexibility index (Phi) is 6.20. The van der Waals surface area contributed by atoms with Crippen molar-refractivity contribution in [3.8, 4) is 0 Å². The highest BCUT2D eigenvalue weighted by Gasteiger charge is 2.17. The molecule has 1 aromatic heterocycles. The topological polar surface area (TPSA) is 44.3 Å². The molecule has 0 radical (unpaired) electrons. The van der Waals surface area contributed by atoms with E-state index in [1.54, 1.807) is 0 Å². The summed E-state index contributed by atoms with van der Waals surface area (Å²) in [5, 5.41) is 3.13. The molecule has 0 amide bonds. The molecule has 0 spiro atoms. The number of likely N-dealkylation sites (N-methyl/N-ethyl adjacent to an activating group) is 2. The van der Waals surface area contributed by atoms with Crippen LogP contribution in [-0.2, 0) is 0 Å². The van der Waals surface area contributed by atoms with Gasteiger partial charge in [-0.1, -0.05) is 13.8 Å². The van der Waals surface area contributed by atoms with Crippen LogP contribution >= 0.6 is 0 Å². The van der Waals surface area contributed by atoms with Gasteiger partial charge in [-0.15, -0.1) is 0 Å². The lowest BCUT2D eigenvalue weighted by Crippen LogP contribution is -2.40. The lowest BCUT2D eigenvalue weighted by molar-refractivity contribution is 0.372. The first-order chi connectivity index (χ1) is 9.38. The van der Waals surface area contributed by atoms with E-state index in [0.717, 1.165) is 30.5 Å². The average molecular weight is 279 g/mol. The number of anilines is 2. The van der Waals surface area contributed by atoms with Crippen LogP contribution in [0, 0.1) is 0 Å². The zero-order valence-corrected chi connectivity index (χ0v) is 13.9. The number of hydrogen-bond acceptors (Lipinski definition) is 5. The van der Waals surface area contributed by atoms with Crippen LogP contribution in [-0.4, -0.2) is 55.1 Å². The van der Waals surface area contributed by atoms with Crippen LogP contribution in [0.5, 0.6) is 0 Å². The maximum absolute atomic E-state index is 4.74. The molecule has 1 heterocycles.